The highest BCUT2D eigenvalue weighted by atomic mass is 16.6. The SMILES string of the molecule is CC(N)C1CN(C(=O)OC(C)(C)C)CCN1C. The van der Waals surface area contributed by atoms with Crippen LogP contribution in [-0.2, 0) is 4.74 Å². The molecule has 1 rings (SSSR count). The van der Waals surface area contributed by atoms with E-state index in [1.807, 2.05) is 34.7 Å². The van der Waals surface area contributed by atoms with E-state index in [1.54, 1.807) is 4.90 Å². The van der Waals surface area contributed by atoms with Crippen LogP contribution in [-0.4, -0.2) is 60.3 Å². The fraction of sp³-hybridized carbons (Fsp3) is 0.917. The maximum atomic E-state index is 11.9. The average Bonchev–Trinajstić information content (AvgIpc) is 2.14. The lowest BCUT2D eigenvalue weighted by atomic mass is 10.1. The predicted octanol–water partition coefficient (Wildman–Crippen LogP) is 0.885. The Bertz CT molecular complexity index is 273. The van der Waals surface area contributed by atoms with E-state index < -0.39 is 5.60 Å². The molecule has 2 atom stereocenters. The number of hydrogen-bond acceptors (Lipinski definition) is 4. The van der Waals surface area contributed by atoms with Gasteiger partial charge in [-0.2, -0.15) is 0 Å². The molecule has 0 aromatic heterocycles. The van der Waals surface area contributed by atoms with Crippen molar-refractivity contribution in [3.05, 3.63) is 0 Å². The molecule has 2 N–H and O–H groups in total. The van der Waals surface area contributed by atoms with Crippen molar-refractivity contribution in [3.8, 4) is 0 Å². The standard InChI is InChI=1S/C12H25N3O2/c1-9(13)10-8-15(7-6-14(10)5)11(16)17-12(2,3)4/h9-10H,6-8,13H2,1-5H3. The van der Waals surface area contributed by atoms with E-state index in [-0.39, 0.29) is 18.2 Å². The van der Waals surface area contributed by atoms with Crippen molar-refractivity contribution in [2.75, 3.05) is 26.7 Å². The zero-order valence-electron chi connectivity index (χ0n) is 11.6. The van der Waals surface area contributed by atoms with Crippen molar-refractivity contribution in [2.24, 2.45) is 5.73 Å². The first-order chi connectivity index (χ1) is 7.70. The lowest BCUT2D eigenvalue weighted by Crippen LogP contribution is -2.59. The van der Waals surface area contributed by atoms with Crippen molar-refractivity contribution in [2.45, 2.75) is 45.4 Å². The number of carbonyl (C=O) groups excluding carboxylic acids is 1. The summed E-state index contributed by atoms with van der Waals surface area (Å²) in [7, 11) is 2.04. The molecule has 0 bridgehead atoms. The summed E-state index contributed by atoms with van der Waals surface area (Å²) in [6.45, 7) is 9.79. The topological polar surface area (TPSA) is 58.8 Å². The number of ether oxygens (including phenoxy) is 1. The van der Waals surface area contributed by atoms with E-state index in [9.17, 15) is 4.79 Å². The highest BCUT2D eigenvalue weighted by Crippen LogP contribution is 2.15. The van der Waals surface area contributed by atoms with E-state index in [2.05, 4.69) is 4.90 Å². The smallest absolute Gasteiger partial charge is 0.410 e. The molecule has 0 radical (unpaired) electrons. The van der Waals surface area contributed by atoms with Gasteiger partial charge in [0.2, 0.25) is 0 Å². The molecule has 0 saturated carbocycles. The number of rotatable bonds is 1. The van der Waals surface area contributed by atoms with E-state index >= 15 is 0 Å². The van der Waals surface area contributed by atoms with Crippen LogP contribution >= 0.6 is 0 Å². The Morgan fingerprint density at radius 1 is 1.41 bits per heavy atom. The largest absolute Gasteiger partial charge is 0.444 e. The van der Waals surface area contributed by atoms with Crippen LogP contribution in [0.5, 0.6) is 0 Å². The van der Waals surface area contributed by atoms with E-state index in [0.717, 1.165) is 6.54 Å². The molecule has 1 aliphatic rings. The Labute approximate surface area is 104 Å². The summed E-state index contributed by atoms with van der Waals surface area (Å²) in [6, 6.07) is 0.251. The van der Waals surface area contributed by atoms with Crippen molar-refractivity contribution in [3.63, 3.8) is 0 Å². The normalized spacial score (nSPS) is 24.6. The Morgan fingerprint density at radius 2 is 2.00 bits per heavy atom. The third-order valence-corrected chi connectivity index (χ3v) is 2.95. The molecule has 0 spiro atoms. The molecule has 5 heteroatoms. The molecule has 1 saturated heterocycles. The van der Waals surface area contributed by atoms with Gasteiger partial charge in [0.05, 0.1) is 0 Å². The zero-order valence-corrected chi connectivity index (χ0v) is 11.6. The number of hydrogen-bond donors (Lipinski definition) is 1. The second kappa shape index (κ2) is 5.23. The fourth-order valence-corrected chi connectivity index (χ4v) is 1.96. The lowest BCUT2D eigenvalue weighted by molar-refractivity contribution is 0.00566. The zero-order chi connectivity index (χ0) is 13.2. The van der Waals surface area contributed by atoms with Gasteiger partial charge in [-0.25, -0.2) is 4.79 Å². The van der Waals surface area contributed by atoms with Crippen LogP contribution in [0.3, 0.4) is 0 Å². The van der Waals surface area contributed by atoms with Crippen LogP contribution < -0.4 is 5.73 Å². The average molecular weight is 243 g/mol. The maximum absolute atomic E-state index is 11.9. The second-order valence-corrected chi connectivity index (χ2v) is 5.83. The third kappa shape index (κ3) is 4.16. The summed E-state index contributed by atoms with van der Waals surface area (Å²) in [6.07, 6.45) is -0.240. The molecule has 0 aromatic carbocycles. The fourth-order valence-electron chi connectivity index (χ4n) is 1.96. The van der Waals surface area contributed by atoms with Crippen LogP contribution in [0, 0.1) is 0 Å². The number of likely N-dealkylation sites (N-methyl/N-ethyl adjacent to an activating group) is 1. The summed E-state index contributed by atoms with van der Waals surface area (Å²) in [4.78, 5) is 15.9. The van der Waals surface area contributed by atoms with E-state index in [0.29, 0.717) is 13.1 Å². The van der Waals surface area contributed by atoms with Gasteiger partial charge in [0.1, 0.15) is 5.60 Å². The number of carbonyl (C=O) groups is 1. The molecule has 2 unspecified atom stereocenters. The Hall–Kier alpha value is -0.810. The van der Waals surface area contributed by atoms with Gasteiger partial charge in [-0.15, -0.1) is 0 Å². The quantitative estimate of drug-likeness (QED) is 0.743. The van der Waals surface area contributed by atoms with Crippen LogP contribution in [0.15, 0.2) is 0 Å². The van der Waals surface area contributed by atoms with Gasteiger partial charge in [0, 0.05) is 31.7 Å². The summed E-state index contributed by atoms with van der Waals surface area (Å²) < 4.78 is 5.37. The molecule has 1 amide bonds. The molecular formula is C12H25N3O2. The number of nitrogens with zero attached hydrogens (tertiary/aromatic N) is 2. The third-order valence-electron chi connectivity index (χ3n) is 2.95. The highest BCUT2D eigenvalue weighted by Gasteiger charge is 2.31. The minimum absolute atomic E-state index is 0.0465. The van der Waals surface area contributed by atoms with Gasteiger partial charge in [-0.05, 0) is 34.7 Å². The van der Waals surface area contributed by atoms with Gasteiger partial charge < -0.3 is 15.4 Å². The van der Waals surface area contributed by atoms with Gasteiger partial charge in [-0.3, -0.25) is 4.90 Å². The molecule has 5 nitrogen and oxygen atoms in total. The first-order valence-corrected chi connectivity index (χ1v) is 6.14. The molecule has 0 aliphatic carbocycles. The molecule has 1 aliphatic heterocycles. The van der Waals surface area contributed by atoms with Gasteiger partial charge in [-0.1, -0.05) is 0 Å². The van der Waals surface area contributed by atoms with E-state index in [4.69, 9.17) is 10.5 Å². The monoisotopic (exact) mass is 243 g/mol. The molecule has 100 valence electrons. The van der Waals surface area contributed by atoms with Crippen molar-refractivity contribution >= 4 is 6.09 Å². The minimum atomic E-state index is -0.440. The minimum Gasteiger partial charge on any atom is -0.444 e. The number of amides is 1. The van der Waals surface area contributed by atoms with Crippen LogP contribution in [0.1, 0.15) is 27.7 Å². The number of nitrogens with two attached hydrogens (primary N) is 1. The molecule has 0 aromatic rings. The van der Waals surface area contributed by atoms with Crippen molar-refractivity contribution < 1.29 is 9.53 Å². The molecule has 1 fully saturated rings. The first-order valence-electron chi connectivity index (χ1n) is 6.14. The van der Waals surface area contributed by atoms with Crippen LogP contribution in [0.25, 0.3) is 0 Å². The highest BCUT2D eigenvalue weighted by molar-refractivity contribution is 5.68. The van der Waals surface area contributed by atoms with Gasteiger partial charge >= 0.3 is 6.09 Å². The summed E-state index contributed by atoms with van der Waals surface area (Å²) in [5.74, 6) is 0. The Kier molecular flexibility index (Phi) is 4.38. The molecule has 1 heterocycles. The van der Waals surface area contributed by atoms with Crippen molar-refractivity contribution in [1.82, 2.24) is 9.80 Å². The Morgan fingerprint density at radius 3 is 2.47 bits per heavy atom. The summed E-state index contributed by atoms with van der Waals surface area (Å²) in [5, 5.41) is 0. The molecule has 17 heavy (non-hydrogen) atoms. The summed E-state index contributed by atoms with van der Waals surface area (Å²) in [5.41, 5.74) is 5.49. The van der Waals surface area contributed by atoms with Crippen molar-refractivity contribution in [1.29, 1.82) is 0 Å². The lowest BCUT2D eigenvalue weighted by Gasteiger charge is -2.41. The van der Waals surface area contributed by atoms with E-state index in [1.165, 1.54) is 0 Å². The van der Waals surface area contributed by atoms with Crippen LogP contribution in [0.2, 0.25) is 0 Å². The predicted molar refractivity (Wildman–Crippen MR) is 67.9 cm³/mol. The first kappa shape index (κ1) is 14.3. The second-order valence-electron chi connectivity index (χ2n) is 5.83. The molecular weight excluding hydrogens is 218 g/mol. The maximum Gasteiger partial charge on any atom is 0.410 e. The Balaban J connectivity index is 2.59. The number of piperazine rings is 1. The van der Waals surface area contributed by atoms with Gasteiger partial charge in [0.15, 0.2) is 0 Å². The van der Waals surface area contributed by atoms with Gasteiger partial charge in [0.25, 0.3) is 0 Å². The summed E-state index contributed by atoms with van der Waals surface area (Å²) >= 11 is 0. The van der Waals surface area contributed by atoms with Crippen LogP contribution in [0.4, 0.5) is 4.79 Å².